The van der Waals surface area contributed by atoms with E-state index in [1.807, 2.05) is 35.2 Å². The van der Waals surface area contributed by atoms with E-state index in [2.05, 4.69) is 0 Å². The standard InChI is InChI=1S/C18H21N3O2/c1-23-17-9-8-15(19)12-16(17)21-11-5-10-20(18(21)22)13-14-6-3-2-4-7-14/h2-4,6-9,12H,5,10-11,13,19H2,1H3. The maximum atomic E-state index is 12.9. The molecule has 2 amide bonds. The highest BCUT2D eigenvalue weighted by Gasteiger charge is 2.28. The predicted molar refractivity (Wildman–Crippen MR) is 91.6 cm³/mol. The van der Waals surface area contributed by atoms with Crippen LogP contribution in [-0.2, 0) is 6.54 Å². The van der Waals surface area contributed by atoms with Crippen LogP contribution in [0.2, 0.25) is 0 Å². The van der Waals surface area contributed by atoms with Crippen molar-refractivity contribution in [3.63, 3.8) is 0 Å². The summed E-state index contributed by atoms with van der Waals surface area (Å²) in [5, 5.41) is 0. The Morgan fingerprint density at radius 1 is 1.13 bits per heavy atom. The summed E-state index contributed by atoms with van der Waals surface area (Å²) in [6.07, 6.45) is 0.913. The van der Waals surface area contributed by atoms with Gasteiger partial charge in [0.05, 0.1) is 12.8 Å². The second-order valence-electron chi connectivity index (χ2n) is 5.63. The topological polar surface area (TPSA) is 58.8 Å². The first-order valence-electron chi connectivity index (χ1n) is 7.73. The van der Waals surface area contributed by atoms with Crippen molar-refractivity contribution < 1.29 is 9.53 Å². The molecule has 1 saturated heterocycles. The fourth-order valence-electron chi connectivity index (χ4n) is 2.87. The molecule has 0 bridgehead atoms. The van der Waals surface area contributed by atoms with E-state index in [1.54, 1.807) is 30.2 Å². The monoisotopic (exact) mass is 311 g/mol. The minimum atomic E-state index is -0.0102. The summed E-state index contributed by atoms with van der Waals surface area (Å²) >= 11 is 0. The van der Waals surface area contributed by atoms with Gasteiger partial charge in [-0.15, -0.1) is 0 Å². The number of hydrogen-bond acceptors (Lipinski definition) is 3. The Morgan fingerprint density at radius 3 is 2.65 bits per heavy atom. The smallest absolute Gasteiger partial charge is 0.324 e. The molecule has 2 aromatic carbocycles. The van der Waals surface area contributed by atoms with Crippen LogP contribution in [0.3, 0.4) is 0 Å². The van der Waals surface area contributed by atoms with Crippen LogP contribution in [0.25, 0.3) is 0 Å². The van der Waals surface area contributed by atoms with E-state index >= 15 is 0 Å². The molecule has 1 fully saturated rings. The molecule has 0 aromatic heterocycles. The molecule has 120 valence electrons. The molecule has 23 heavy (non-hydrogen) atoms. The number of carbonyl (C=O) groups excluding carboxylic acids is 1. The molecule has 5 heteroatoms. The van der Waals surface area contributed by atoms with Gasteiger partial charge in [-0.1, -0.05) is 30.3 Å². The van der Waals surface area contributed by atoms with Crippen LogP contribution in [0.1, 0.15) is 12.0 Å². The lowest BCUT2D eigenvalue weighted by atomic mass is 10.1. The third kappa shape index (κ3) is 3.23. The molecule has 2 aromatic rings. The van der Waals surface area contributed by atoms with Crippen LogP contribution in [0.5, 0.6) is 5.75 Å². The zero-order chi connectivity index (χ0) is 16.2. The summed E-state index contributed by atoms with van der Waals surface area (Å²) in [5.74, 6) is 0.661. The average Bonchev–Trinajstić information content (AvgIpc) is 2.58. The van der Waals surface area contributed by atoms with Gasteiger partial charge < -0.3 is 15.4 Å². The number of hydrogen-bond donors (Lipinski definition) is 1. The van der Waals surface area contributed by atoms with Crippen molar-refractivity contribution in [3.8, 4) is 5.75 Å². The summed E-state index contributed by atoms with van der Waals surface area (Å²) < 4.78 is 5.39. The number of nitrogens with two attached hydrogens (primary N) is 1. The van der Waals surface area contributed by atoms with Gasteiger partial charge in [0, 0.05) is 25.3 Å². The van der Waals surface area contributed by atoms with Gasteiger partial charge in [0.25, 0.3) is 0 Å². The van der Waals surface area contributed by atoms with Crippen molar-refractivity contribution in [1.82, 2.24) is 4.90 Å². The van der Waals surface area contributed by atoms with Crippen molar-refractivity contribution in [2.45, 2.75) is 13.0 Å². The van der Waals surface area contributed by atoms with Crippen molar-refractivity contribution in [3.05, 3.63) is 54.1 Å². The first-order chi connectivity index (χ1) is 11.2. The summed E-state index contributed by atoms with van der Waals surface area (Å²) in [4.78, 5) is 16.5. The number of rotatable bonds is 4. The minimum Gasteiger partial charge on any atom is -0.495 e. The molecule has 0 unspecified atom stereocenters. The molecule has 0 radical (unpaired) electrons. The Labute approximate surface area is 136 Å². The van der Waals surface area contributed by atoms with E-state index in [0.29, 0.717) is 24.5 Å². The van der Waals surface area contributed by atoms with E-state index in [1.165, 1.54) is 0 Å². The van der Waals surface area contributed by atoms with Crippen LogP contribution < -0.4 is 15.4 Å². The van der Waals surface area contributed by atoms with E-state index in [4.69, 9.17) is 10.5 Å². The Hall–Kier alpha value is -2.69. The van der Waals surface area contributed by atoms with Gasteiger partial charge in [0.15, 0.2) is 0 Å². The zero-order valence-corrected chi connectivity index (χ0v) is 13.2. The molecule has 0 spiro atoms. The first kappa shape index (κ1) is 15.2. The SMILES string of the molecule is COc1ccc(N)cc1N1CCCN(Cc2ccccc2)C1=O. The van der Waals surface area contributed by atoms with E-state index < -0.39 is 0 Å². The number of methoxy groups -OCH3 is 1. The summed E-state index contributed by atoms with van der Waals surface area (Å²) in [5.41, 5.74) is 8.36. The maximum Gasteiger partial charge on any atom is 0.324 e. The number of nitrogens with zero attached hydrogens (tertiary/aromatic N) is 2. The summed E-state index contributed by atoms with van der Waals surface area (Å²) in [6.45, 7) is 2.04. The number of carbonyl (C=O) groups is 1. The molecule has 1 aliphatic heterocycles. The Balaban J connectivity index is 1.84. The fourth-order valence-corrected chi connectivity index (χ4v) is 2.87. The van der Waals surface area contributed by atoms with Crippen molar-refractivity contribution in [2.75, 3.05) is 30.8 Å². The number of ether oxygens (including phenoxy) is 1. The fraction of sp³-hybridized carbons (Fsp3) is 0.278. The minimum absolute atomic E-state index is 0.0102. The number of nitrogen functional groups attached to an aromatic ring is 1. The number of urea groups is 1. The molecule has 0 atom stereocenters. The van der Waals surface area contributed by atoms with Crippen molar-refractivity contribution in [2.24, 2.45) is 0 Å². The van der Waals surface area contributed by atoms with Gasteiger partial charge in [-0.3, -0.25) is 4.90 Å². The van der Waals surface area contributed by atoms with E-state index in [9.17, 15) is 4.79 Å². The number of amides is 2. The molecule has 2 N–H and O–H groups in total. The maximum absolute atomic E-state index is 12.9. The zero-order valence-electron chi connectivity index (χ0n) is 13.2. The lowest BCUT2D eigenvalue weighted by Gasteiger charge is -2.36. The molecule has 5 nitrogen and oxygen atoms in total. The van der Waals surface area contributed by atoms with Crippen LogP contribution in [0.15, 0.2) is 48.5 Å². The van der Waals surface area contributed by atoms with Gasteiger partial charge in [-0.25, -0.2) is 4.79 Å². The van der Waals surface area contributed by atoms with Crippen LogP contribution in [0, 0.1) is 0 Å². The lowest BCUT2D eigenvalue weighted by molar-refractivity contribution is 0.192. The molecular weight excluding hydrogens is 290 g/mol. The van der Waals surface area contributed by atoms with Crippen molar-refractivity contribution >= 4 is 17.4 Å². The molecular formula is C18H21N3O2. The quantitative estimate of drug-likeness (QED) is 0.883. The normalized spacial score (nSPS) is 14.9. The Morgan fingerprint density at radius 2 is 1.91 bits per heavy atom. The Kier molecular flexibility index (Phi) is 4.37. The predicted octanol–water partition coefficient (Wildman–Crippen LogP) is 3.11. The highest BCUT2D eigenvalue weighted by Crippen LogP contribution is 2.32. The third-order valence-electron chi connectivity index (χ3n) is 4.02. The number of benzene rings is 2. The molecule has 3 rings (SSSR count). The molecule has 1 heterocycles. The van der Waals surface area contributed by atoms with Gasteiger partial charge in [0.2, 0.25) is 0 Å². The third-order valence-corrected chi connectivity index (χ3v) is 4.02. The van der Waals surface area contributed by atoms with Gasteiger partial charge >= 0.3 is 6.03 Å². The summed E-state index contributed by atoms with van der Waals surface area (Å²) in [7, 11) is 1.60. The van der Waals surface area contributed by atoms with Gasteiger partial charge in [0.1, 0.15) is 5.75 Å². The van der Waals surface area contributed by atoms with Crippen LogP contribution in [-0.4, -0.2) is 31.1 Å². The van der Waals surface area contributed by atoms with E-state index in [-0.39, 0.29) is 6.03 Å². The first-order valence-corrected chi connectivity index (χ1v) is 7.73. The second kappa shape index (κ2) is 6.60. The molecule has 0 saturated carbocycles. The van der Waals surface area contributed by atoms with Gasteiger partial charge in [-0.2, -0.15) is 0 Å². The van der Waals surface area contributed by atoms with E-state index in [0.717, 1.165) is 24.2 Å². The molecule has 0 aliphatic carbocycles. The lowest BCUT2D eigenvalue weighted by Crippen LogP contribution is -2.49. The highest BCUT2D eigenvalue weighted by molar-refractivity contribution is 5.94. The largest absolute Gasteiger partial charge is 0.495 e. The summed E-state index contributed by atoms with van der Waals surface area (Å²) in [6, 6.07) is 15.4. The van der Waals surface area contributed by atoms with Gasteiger partial charge in [-0.05, 0) is 30.2 Å². The van der Waals surface area contributed by atoms with Crippen LogP contribution in [0.4, 0.5) is 16.2 Å². The average molecular weight is 311 g/mol. The van der Waals surface area contributed by atoms with Crippen molar-refractivity contribution in [1.29, 1.82) is 0 Å². The second-order valence-corrected chi connectivity index (χ2v) is 5.63. The molecule has 1 aliphatic rings. The van der Waals surface area contributed by atoms with Crippen LogP contribution >= 0.6 is 0 Å². The highest BCUT2D eigenvalue weighted by atomic mass is 16.5. The Bertz CT molecular complexity index is 688. The number of anilines is 2.